The molecular formula is C24H27ClN6OS. The first-order valence-corrected chi connectivity index (χ1v) is 12.4. The molecule has 0 saturated heterocycles. The number of hydrogen-bond acceptors (Lipinski definition) is 5. The Morgan fingerprint density at radius 3 is 2.70 bits per heavy atom. The topological polar surface area (TPSA) is 85.6 Å². The number of rotatable bonds is 7. The quantitative estimate of drug-likeness (QED) is 0.355. The van der Waals surface area contributed by atoms with Gasteiger partial charge in [-0.3, -0.25) is 4.98 Å². The number of fused-ring (bicyclic) bond motifs is 1. The molecule has 0 saturated carbocycles. The summed E-state index contributed by atoms with van der Waals surface area (Å²) >= 11 is 5.98. The Morgan fingerprint density at radius 2 is 1.97 bits per heavy atom. The molecule has 0 radical (unpaired) electrons. The van der Waals surface area contributed by atoms with Crippen molar-refractivity contribution in [1.29, 1.82) is 0 Å². The van der Waals surface area contributed by atoms with Crippen LogP contribution in [0.15, 0.2) is 54.9 Å². The van der Waals surface area contributed by atoms with Gasteiger partial charge in [-0.2, -0.15) is 10.1 Å². The average molecular weight is 483 g/mol. The molecule has 1 N–H and O–H groups in total. The van der Waals surface area contributed by atoms with Gasteiger partial charge in [0.1, 0.15) is 0 Å². The Labute approximate surface area is 201 Å². The lowest BCUT2D eigenvalue weighted by Crippen LogP contribution is -2.36. The Kier molecular flexibility index (Phi) is 6.88. The van der Waals surface area contributed by atoms with Crippen LogP contribution in [0.1, 0.15) is 52.3 Å². The summed E-state index contributed by atoms with van der Waals surface area (Å²) in [6, 6.07) is 13.7. The summed E-state index contributed by atoms with van der Waals surface area (Å²) in [4.78, 5) is 13.2. The van der Waals surface area contributed by atoms with E-state index in [9.17, 15) is 4.21 Å². The van der Waals surface area contributed by atoms with E-state index in [1.807, 2.05) is 57.2 Å². The van der Waals surface area contributed by atoms with Gasteiger partial charge in [0.2, 0.25) is 5.28 Å². The molecule has 33 heavy (non-hydrogen) atoms. The standard InChI is InChI=1S/C24H27ClN6OS/c1-5-7-20(30-33(32)24(2,3)4)19-9-6-8-18(28-19)16-10-11-17-15-27-31(21(17)14-16)22-12-13-26-23(25)29-22/h6,8-15,20,30H,5,7H2,1-4H3/t20-,33?/m0/s1. The molecule has 0 aliphatic heterocycles. The summed E-state index contributed by atoms with van der Waals surface area (Å²) < 4.78 is 17.4. The van der Waals surface area contributed by atoms with Crippen molar-refractivity contribution >= 4 is 33.5 Å². The number of benzene rings is 1. The van der Waals surface area contributed by atoms with E-state index in [1.54, 1.807) is 23.1 Å². The lowest BCUT2D eigenvalue weighted by Gasteiger charge is -2.24. The summed E-state index contributed by atoms with van der Waals surface area (Å²) in [5, 5.41) is 5.62. The van der Waals surface area contributed by atoms with Crippen LogP contribution in [0.25, 0.3) is 28.0 Å². The molecule has 1 aromatic carbocycles. The van der Waals surface area contributed by atoms with Crippen molar-refractivity contribution in [3.8, 4) is 17.1 Å². The van der Waals surface area contributed by atoms with Crippen LogP contribution in [0.5, 0.6) is 0 Å². The first kappa shape index (κ1) is 23.5. The summed E-state index contributed by atoms with van der Waals surface area (Å²) in [6.45, 7) is 8.01. The summed E-state index contributed by atoms with van der Waals surface area (Å²) in [6.07, 6.45) is 5.20. The molecule has 2 atom stereocenters. The summed E-state index contributed by atoms with van der Waals surface area (Å²) in [5.41, 5.74) is 3.57. The van der Waals surface area contributed by atoms with E-state index < -0.39 is 11.0 Å². The van der Waals surface area contributed by atoms with Gasteiger partial charge in [0, 0.05) is 23.2 Å². The van der Waals surface area contributed by atoms with Crippen molar-refractivity contribution in [2.75, 3.05) is 0 Å². The van der Waals surface area contributed by atoms with E-state index in [1.165, 1.54) is 0 Å². The molecule has 0 spiro atoms. The molecule has 1 unspecified atom stereocenters. The van der Waals surface area contributed by atoms with E-state index >= 15 is 0 Å². The van der Waals surface area contributed by atoms with Gasteiger partial charge in [0.15, 0.2) is 5.82 Å². The summed E-state index contributed by atoms with van der Waals surface area (Å²) in [7, 11) is -1.18. The van der Waals surface area contributed by atoms with Gasteiger partial charge in [-0.15, -0.1) is 0 Å². The molecular weight excluding hydrogens is 456 g/mol. The molecule has 3 heterocycles. The van der Waals surface area contributed by atoms with Gasteiger partial charge in [-0.05, 0) is 57.0 Å². The molecule has 0 bridgehead atoms. The maximum absolute atomic E-state index is 12.7. The van der Waals surface area contributed by atoms with E-state index in [0.717, 1.165) is 40.7 Å². The van der Waals surface area contributed by atoms with Gasteiger partial charge in [0.05, 0.1) is 44.9 Å². The maximum atomic E-state index is 12.7. The van der Waals surface area contributed by atoms with Gasteiger partial charge in [-0.1, -0.05) is 31.5 Å². The highest BCUT2D eigenvalue weighted by Gasteiger charge is 2.24. The zero-order chi connectivity index (χ0) is 23.6. The second kappa shape index (κ2) is 9.67. The third kappa shape index (κ3) is 5.29. The van der Waals surface area contributed by atoms with Crippen LogP contribution in [-0.4, -0.2) is 33.7 Å². The lowest BCUT2D eigenvalue weighted by atomic mass is 10.1. The minimum absolute atomic E-state index is 0.0903. The Bertz CT molecular complexity index is 1300. The predicted octanol–water partition coefficient (Wildman–Crippen LogP) is 5.42. The summed E-state index contributed by atoms with van der Waals surface area (Å²) in [5.74, 6) is 0.598. The second-order valence-electron chi connectivity index (χ2n) is 8.80. The molecule has 0 aliphatic rings. The number of nitrogens with one attached hydrogen (secondary N) is 1. The third-order valence-corrected chi connectivity index (χ3v) is 7.00. The first-order valence-electron chi connectivity index (χ1n) is 10.9. The predicted molar refractivity (Wildman–Crippen MR) is 134 cm³/mol. The van der Waals surface area contributed by atoms with Crippen molar-refractivity contribution in [3.63, 3.8) is 0 Å². The monoisotopic (exact) mass is 482 g/mol. The normalized spacial score (nSPS) is 13.8. The molecule has 7 nitrogen and oxygen atoms in total. The minimum atomic E-state index is -1.18. The van der Waals surface area contributed by atoms with Crippen LogP contribution in [0.2, 0.25) is 5.28 Å². The van der Waals surface area contributed by atoms with Crippen LogP contribution in [-0.2, 0) is 11.0 Å². The van der Waals surface area contributed by atoms with E-state index in [4.69, 9.17) is 16.6 Å². The molecule has 9 heteroatoms. The Morgan fingerprint density at radius 1 is 1.15 bits per heavy atom. The van der Waals surface area contributed by atoms with Gasteiger partial charge < -0.3 is 0 Å². The van der Waals surface area contributed by atoms with Crippen LogP contribution < -0.4 is 4.72 Å². The third-order valence-electron chi connectivity index (χ3n) is 5.21. The van der Waals surface area contributed by atoms with Crippen molar-refractivity contribution in [2.45, 2.75) is 51.3 Å². The average Bonchev–Trinajstić information content (AvgIpc) is 3.21. The molecule has 0 aliphatic carbocycles. The van der Waals surface area contributed by atoms with Crippen LogP contribution >= 0.6 is 11.6 Å². The number of aromatic nitrogens is 5. The smallest absolute Gasteiger partial charge is 0.224 e. The molecule has 0 amide bonds. The fourth-order valence-electron chi connectivity index (χ4n) is 3.47. The maximum Gasteiger partial charge on any atom is 0.224 e. The van der Waals surface area contributed by atoms with Crippen LogP contribution in [0.4, 0.5) is 0 Å². The number of halogens is 1. The second-order valence-corrected chi connectivity index (χ2v) is 11.1. The highest BCUT2D eigenvalue weighted by Crippen LogP contribution is 2.27. The van der Waals surface area contributed by atoms with Gasteiger partial charge in [-0.25, -0.2) is 18.6 Å². The van der Waals surface area contributed by atoms with Crippen LogP contribution in [0.3, 0.4) is 0 Å². The fourth-order valence-corrected chi connectivity index (χ4v) is 4.47. The first-order chi connectivity index (χ1) is 15.8. The molecule has 172 valence electrons. The molecule has 4 rings (SSSR count). The number of pyridine rings is 1. The fraction of sp³-hybridized carbons (Fsp3) is 0.333. The SMILES string of the molecule is CCC[C@H](NS(=O)C(C)(C)C)c1cccc(-c2ccc3cnn(-c4ccnc(Cl)n4)c3c2)n1. The highest BCUT2D eigenvalue weighted by atomic mass is 35.5. The zero-order valence-electron chi connectivity index (χ0n) is 19.1. The van der Waals surface area contributed by atoms with Crippen molar-refractivity contribution in [1.82, 2.24) is 29.5 Å². The largest absolute Gasteiger partial charge is 0.251 e. The Hall–Kier alpha value is -2.68. The van der Waals surface area contributed by atoms with Crippen molar-refractivity contribution in [2.24, 2.45) is 0 Å². The molecule has 3 aromatic heterocycles. The van der Waals surface area contributed by atoms with E-state index in [-0.39, 0.29) is 16.1 Å². The Balaban J connectivity index is 1.71. The number of nitrogens with zero attached hydrogens (tertiary/aromatic N) is 5. The van der Waals surface area contributed by atoms with Gasteiger partial charge in [0.25, 0.3) is 0 Å². The van der Waals surface area contributed by atoms with E-state index in [0.29, 0.717) is 5.82 Å². The minimum Gasteiger partial charge on any atom is -0.251 e. The van der Waals surface area contributed by atoms with E-state index in [2.05, 4.69) is 26.7 Å². The highest BCUT2D eigenvalue weighted by molar-refractivity contribution is 7.84. The number of hydrogen-bond donors (Lipinski definition) is 1. The molecule has 0 fully saturated rings. The van der Waals surface area contributed by atoms with Crippen molar-refractivity contribution < 1.29 is 4.21 Å². The van der Waals surface area contributed by atoms with Crippen LogP contribution in [0, 0.1) is 0 Å². The van der Waals surface area contributed by atoms with Crippen molar-refractivity contribution in [3.05, 3.63) is 65.8 Å². The molecule has 4 aromatic rings. The van der Waals surface area contributed by atoms with Gasteiger partial charge >= 0.3 is 0 Å². The zero-order valence-corrected chi connectivity index (χ0v) is 20.7. The lowest BCUT2D eigenvalue weighted by molar-refractivity contribution is 0.555.